The summed E-state index contributed by atoms with van der Waals surface area (Å²) < 4.78 is 5.56. The molecule has 1 fully saturated rings. The Balaban J connectivity index is 1.76. The first-order valence-corrected chi connectivity index (χ1v) is 9.49. The minimum absolute atomic E-state index is 0.129. The fourth-order valence-electron chi connectivity index (χ4n) is 3.43. The molecule has 2 N–H and O–H groups in total. The average molecular weight is 375 g/mol. The van der Waals surface area contributed by atoms with E-state index in [1.165, 1.54) is 18.4 Å². The van der Waals surface area contributed by atoms with E-state index < -0.39 is 0 Å². The normalized spacial score (nSPS) is 15.6. The molecule has 3 rings (SSSR count). The standard InChI is InChI=1S/C20H23ClN2OS/c1-2-24-16-11-9-15(10-12-16)20(13-5-6-14-20)23-19(25)22-18-8-4-3-7-17(18)21/h3-4,7-12H,2,5-6,13-14H2,1H3,(H2,22,23,25). The van der Waals surface area contributed by atoms with E-state index in [1.54, 1.807) is 0 Å². The van der Waals surface area contributed by atoms with Gasteiger partial charge in [0.05, 0.1) is 22.9 Å². The molecule has 0 aromatic heterocycles. The van der Waals surface area contributed by atoms with Gasteiger partial charge in [-0.05, 0) is 61.8 Å². The van der Waals surface area contributed by atoms with E-state index in [0.717, 1.165) is 24.3 Å². The molecule has 3 nitrogen and oxygen atoms in total. The van der Waals surface area contributed by atoms with E-state index in [-0.39, 0.29) is 5.54 Å². The highest BCUT2D eigenvalue weighted by Crippen LogP contribution is 2.39. The molecule has 0 amide bonds. The molecule has 0 spiro atoms. The average Bonchev–Trinajstić information content (AvgIpc) is 3.07. The lowest BCUT2D eigenvalue weighted by Crippen LogP contribution is -2.45. The molecule has 1 aliphatic carbocycles. The molecule has 0 atom stereocenters. The van der Waals surface area contributed by atoms with Gasteiger partial charge in [-0.25, -0.2) is 0 Å². The van der Waals surface area contributed by atoms with E-state index in [4.69, 9.17) is 28.6 Å². The van der Waals surface area contributed by atoms with Gasteiger partial charge >= 0.3 is 0 Å². The maximum absolute atomic E-state index is 6.22. The number of hydrogen-bond donors (Lipinski definition) is 2. The number of hydrogen-bond acceptors (Lipinski definition) is 2. The van der Waals surface area contributed by atoms with Crippen LogP contribution in [0.15, 0.2) is 48.5 Å². The van der Waals surface area contributed by atoms with Crippen LogP contribution in [0.1, 0.15) is 38.2 Å². The maximum atomic E-state index is 6.22. The molecule has 1 aliphatic rings. The molecule has 1 saturated carbocycles. The molecule has 0 aliphatic heterocycles. The molecular formula is C20H23ClN2OS. The second-order valence-electron chi connectivity index (χ2n) is 6.31. The van der Waals surface area contributed by atoms with Gasteiger partial charge in [-0.15, -0.1) is 0 Å². The van der Waals surface area contributed by atoms with Crippen LogP contribution in [0.2, 0.25) is 5.02 Å². The van der Waals surface area contributed by atoms with E-state index in [9.17, 15) is 0 Å². The minimum atomic E-state index is -0.129. The van der Waals surface area contributed by atoms with Crippen LogP contribution in [0.25, 0.3) is 0 Å². The lowest BCUT2D eigenvalue weighted by Gasteiger charge is -2.32. The van der Waals surface area contributed by atoms with Gasteiger partial charge in [0.15, 0.2) is 5.11 Å². The Labute approximate surface area is 159 Å². The van der Waals surface area contributed by atoms with E-state index >= 15 is 0 Å². The van der Waals surface area contributed by atoms with Crippen LogP contribution < -0.4 is 15.4 Å². The van der Waals surface area contributed by atoms with Crippen molar-refractivity contribution in [1.82, 2.24) is 5.32 Å². The third-order valence-corrected chi connectivity index (χ3v) is 5.18. The van der Waals surface area contributed by atoms with E-state index in [2.05, 4.69) is 22.8 Å². The topological polar surface area (TPSA) is 33.3 Å². The number of thiocarbonyl (C=S) groups is 1. The number of ether oxygens (including phenoxy) is 1. The van der Waals surface area contributed by atoms with Crippen LogP contribution in [0, 0.1) is 0 Å². The summed E-state index contributed by atoms with van der Waals surface area (Å²) in [6.07, 6.45) is 4.50. The monoisotopic (exact) mass is 374 g/mol. The maximum Gasteiger partial charge on any atom is 0.171 e. The number of para-hydroxylation sites is 1. The zero-order chi connectivity index (χ0) is 17.7. The summed E-state index contributed by atoms with van der Waals surface area (Å²) in [5, 5.41) is 8.04. The lowest BCUT2D eigenvalue weighted by atomic mass is 9.88. The van der Waals surface area contributed by atoms with Crippen LogP contribution in [0.3, 0.4) is 0 Å². The second kappa shape index (κ2) is 8.07. The summed E-state index contributed by atoms with van der Waals surface area (Å²) in [6.45, 7) is 2.67. The molecule has 25 heavy (non-hydrogen) atoms. The van der Waals surface area contributed by atoms with Crippen LogP contribution >= 0.6 is 23.8 Å². The van der Waals surface area contributed by atoms with E-state index in [0.29, 0.717) is 16.7 Å². The smallest absolute Gasteiger partial charge is 0.171 e. The highest BCUT2D eigenvalue weighted by molar-refractivity contribution is 7.80. The summed E-state index contributed by atoms with van der Waals surface area (Å²) >= 11 is 11.8. The largest absolute Gasteiger partial charge is 0.494 e. The van der Waals surface area contributed by atoms with Gasteiger partial charge in [0.1, 0.15) is 5.75 Å². The van der Waals surface area contributed by atoms with Gasteiger partial charge in [-0.3, -0.25) is 0 Å². The van der Waals surface area contributed by atoms with Crippen molar-refractivity contribution in [3.05, 3.63) is 59.1 Å². The van der Waals surface area contributed by atoms with Gasteiger partial charge in [-0.2, -0.15) is 0 Å². The third kappa shape index (κ3) is 4.25. The highest BCUT2D eigenvalue weighted by Gasteiger charge is 2.36. The Kier molecular flexibility index (Phi) is 5.82. The van der Waals surface area contributed by atoms with Crippen molar-refractivity contribution in [2.45, 2.75) is 38.1 Å². The molecule has 0 unspecified atom stereocenters. The molecule has 0 radical (unpaired) electrons. The summed E-state index contributed by atoms with van der Waals surface area (Å²) in [5.41, 5.74) is 1.94. The number of halogens is 1. The van der Waals surface area contributed by atoms with Gasteiger partial charge in [0, 0.05) is 0 Å². The zero-order valence-corrected chi connectivity index (χ0v) is 15.9. The predicted molar refractivity (Wildman–Crippen MR) is 109 cm³/mol. The fraction of sp³-hybridized carbons (Fsp3) is 0.350. The fourth-order valence-corrected chi connectivity index (χ4v) is 3.92. The third-order valence-electron chi connectivity index (χ3n) is 4.65. The Hall–Kier alpha value is -1.78. The number of benzene rings is 2. The molecule has 2 aromatic rings. The summed E-state index contributed by atoms with van der Waals surface area (Å²) in [4.78, 5) is 0. The van der Waals surface area contributed by atoms with Gasteiger partial charge in [-0.1, -0.05) is 48.7 Å². The quantitative estimate of drug-likeness (QED) is 0.677. The molecule has 0 saturated heterocycles. The molecule has 5 heteroatoms. The van der Waals surface area contributed by atoms with Crippen LogP contribution in [-0.4, -0.2) is 11.7 Å². The van der Waals surface area contributed by atoms with Crippen molar-refractivity contribution in [1.29, 1.82) is 0 Å². The first-order valence-electron chi connectivity index (χ1n) is 8.70. The van der Waals surface area contributed by atoms with Gasteiger partial charge < -0.3 is 15.4 Å². The molecule has 0 heterocycles. The summed E-state index contributed by atoms with van der Waals surface area (Å²) in [6, 6.07) is 16.0. The minimum Gasteiger partial charge on any atom is -0.494 e. The van der Waals surface area contributed by atoms with Gasteiger partial charge in [0.25, 0.3) is 0 Å². The SMILES string of the molecule is CCOc1ccc(C2(NC(=S)Nc3ccccc3Cl)CCCC2)cc1. The van der Waals surface area contributed by atoms with Crippen LogP contribution in [-0.2, 0) is 5.54 Å². The molecule has 2 aromatic carbocycles. The van der Waals surface area contributed by atoms with E-state index in [1.807, 2.05) is 43.3 Å². The predicted octanol–water partition coefficient (Wildman–Crippen LogP) is 5.49. The van der Waals surface area contributed by atoms with Gasteiger partial charge in [0.2, 0.25) is 0 Å². The Morgan fingerprint density at radius 1 is 1.12 bits per heavy atom. The van der Waals surface area contributed by atoms with Crippen molar-refractivity contribution >= 4 is 34.6 Å². The van der Waals surface area contributed by atoms with Crippen molar-refractivity contribution in [3.8, 4) is 5.75 Å². The Morgan fingerprint density at radius 2 is 1.80 bits per heavy atom. The van der Waals surface area contributed by atoms with Crippen molar-refractivity contribution < 1.29 is 4.74 Å². The Morgan fingerprint density at radius 3 is 2.44 bits per heavy atom. The first-order chi connectivity index (χ1) is 12.1. The lowest BCUT2D eigenvalue weighted by molar-refractivity contribution is 0.339. The number of nitrogens with one attached hydrogen (secondary N) is 2. The first kappa shape index (κ1) is 18.0. The highest BCUT2D eigenvalue weighted by atomic mass is 35.5. The molecule has 0 bridgehead atoms. The van der Waals surface area contributed by atoms with Crippen LogP contribution in [0.5, 0.6) is 5.75 Å². The number of rotatable bonds is 5. The second-order valence-corrected chi connectivity index (χ2v) is 7.12. The number of anilines is 1. The summed E-state index contributed by atoms with van der Waals surface area (Å²) in [7, 11) is 0. The Bertz CT molecular complexity index is 727. The summed E-state index contributed by atoms with van der Waals surface area (Å²) in [5.74, 6) is 0.899. The molecular weight excluding hydrogens is 352 g/mol. The van der Waals surface area contributed by atoms with Crippen molar-refractivity contribution in [3.63, 3.8) is 0 Å². The van der Waals surface area contributed by atoms with Crippen molar-refractivity contribution in [2.24, 2.45) is 0 Å². The van der Waals surface area contributed by atoms with Crippen molar-refractivity contribution in [2.75, 3.05) is 11.9 Å². The van der Waals surface area contributed by atoms with Crippen LogP contribution in [0.4, 0.5) is 5.69 Å². The molecule has 132 valence electrons. The zero-order valence-electron chi connectivity index (χ0n) is 14.3.